The van der Waals surface area contributed by atoms with Crippen molar-refractivity contribution < 1.29 is 37.4 Å². The number of pyridine rings is 1. The van der Waals surface area contributed by atoms with Crippen LogP contribution in [0.3, 0.4) is 0 Å². The normalized spacial score (nSPS) is 14.0. The van der Waals surface area contributed by atoms with Gasteiger partial charge in [-0.1, -0.05) is 103 Å². The topological polar surface area (TPSA) is 119 Å². The molecule has 0 spiro atoms. The van der Waals surface area contributed by atoms with Gasteiger partial charge in [-0.15, -0.1) is 0 Å². The van der Waals surface area contributed by atoms with Gasteiger partial charge < -0.3 is 38.2 Å². The van der Waals surface area contributed by atoms with Gasteiger partial charge in [-0.05, 0) is 105 Å². The standard InChI is InChI=1S/C57H64N5O7PS/c1-42(2)62(43(3)4)70(68-39-16-35-58)69-50(41-67-57(45-19-9-8-10-20-45,46-26-30-48(64-6)31-27-46)47-28-32-49(65-7)33-29-47)40-59-56(63)66-38-17-36-61-53-23-13-14-24-54(53)71-55(61)25-15-18-44-34-37-60(5)52-22-12-11-21-51(44)52/h8-15,18-34,37,42-43,50H,16-17,36,38-41H2,1-7H3/p+1. The van der Waals surface area contributed by atoms with Crippen LogP contribution < -0.4 is 24.3 Å². The van der Waals surface area contributed by atoms with Crippen LogP contribution in [0.25, 0.3) is 17.0 Å². The van der Waals surface area contributed by atoms with Crippen molar-refractivity contribution in [3.63, 3.8) is 0 Å². The van der Waals surface area contributed by atoms with Crippen LogP contribution in [0.5, 0.6) is 11.5 Å². The van der Waals surface area contributed by atoms with E-state index in [2.05, 4.69) is 133 Å². The summed E-state index contributed by atoms with van der Waals surface area (Å²) in [6.07, 6.45) is 7.97. The molecule has 1 N–H and O–H groups in total. The number of nitrogens with zero attached hydrogens (tertiary/aromatic N) is 4. The molecule has 2 heterocycles. The molecule has 0 bridgehead atoms. The van der Waals surface area contributed by atoms with Crippen molar-refractivity contribution in [3.8, 4) is 17.6 Å². The fourth-order valence-corrected chi connectivity index (χ4v) is 11.4. The van der Waals surface area contributed by atoms with Gasteiger partial charge in [0.1, 0.15) is 30.3 Å². The summed E-state index contributed by atoms with van der Waals surface area (Å²) in [5.74, 6) is 1.41. The number of allylic oxidation sites excluding steroid dienone is 2. The molecule has 6 aromatic rings. The Morgan fingerprint density at radius 1 is 0.831 bits per heavy atom. The number of anilines is 1. The van der Waals surface area contributed by atoms with E-state index >= 15 is 0 Å². The summed E-state index contributed by atoms with van der Waals surface area (Å²) in [6, 6.07) is 46.9. The molecule has 0 radical (unpaired) electrons. The smallest absolute Gasteiger partial charge is 0.407 e. The molecule has 0 saturated carbocycles. The predicted octanol–water partition coefficient (Wildman–Crippen LogP) is 11.9. The minimum Gasteiger partial charge on any atom is -0.497 e. The highest BCUT2D eigenvalue weighted by Gasteiger charge is 2.40. The molecule has 1 aliphatic heterocycles. The Morgan fingerprint density at radius 3 is 2.13 bits per heavy atom. The maximum Gasteiger partial charge on any atom is 0.407 e. The summed E-state index contributed by atoms with van der Waals surface area (Å²) >= 11 is 1.73. The van der Waals surface area contributed by atoms with Crippen LogP contribution >= 0.6 is 20.3 Å². The summed E-state index contributed by atoms with van der Waals surface area (Å²) in [7, 11) is 3.62. The monoisotopic (exact) mass is 994 g/mol. The maximum atomic E-state index is 13.7. The molecular formula is C57H65N5O7PS+. The van der Waals surface area contributed by atoms with Crippen LogP contribution in [-0.2, 0) is 31.2 Å². The first-order chi connectivity index (χ1) is 34.6. The molecular weight excluding hydrogens is 930 g/mol. The van der Waals surface area contributed by atoms with Crippen LogP contribution in [-0.4, -0.2) is 76.1 Å². The summed E-state index contributed by atoms with van der Waals surface area (Å²) < 4.78 is 41.9. The molecule has 2 atom stereocenters. The number of hydrogen-bond acceptors (Lipinski definition) is 11. The lowest BCUT2D eigenvalue weighted by atomic mass is 9.80. The Morgan fingerprint density at radius 2 is 1.46 bits per heavy atom. The van der Waals surface area contributed by atoms with Crippen LogP contribution in [0.15, 0.2) is 162 Å². The second-order valence-corrected chi connectivity index (χ2v) is 19.9. The molecule has 14 heteroatoms. The molecule has 1 aliphatic rings. The third-order valence-corrected chi connectivity index (χ3v) is 15.3. The number of amides is 1. The number of benzene rings is 5. The number of hydrogen-bond donors (Lipinski definition) is 1. The average molecular weight is 995 g/mol. The first-order valence-electron chi connectivity index (χ1n) is 24.0. The summed E-state index contributed by atoms with van der Waals surface area (Å²) in [5.41, 5.74) is 4.88. The minimum atomic E-state index is -1.72. The van der Waals surface area contributed by atoms with E-state index in [-0.39, 0.29) is 44.9 Å². The van der Waals surface area contributed by atoms with E-state index in [1.807, 2.05) is 84.9 Å². The molecule has 0 fully saturated rings. The number of thioether (sulfide) groups is 1. The average Bonchev–Trinajstić information content (AvgIpc) is 3.74. The van der Waals surface area contributed by atoms with Gasteiger partial charge in [0, 0.05) is 42.2 Å². The predicted molar refractivity (Wildman–Crippen MR) is 284 cm³/mol. The fraction of sp³-hybridized carbons (Fsp3) is 0.316. The molecule has 0 aliphatic carbocycles. The summed E-state index contributed by atoms with van der Waals surface area (Å²) in [5, 5.41) is 14.7. The van der Waals surface area contributed by atoms with E-state index < -0.39 is 26.3 Å². The van der Waals surface area contributed by atoms with Gasteiger partial charge in [-0.25, -0.2) is 14.0 Å². The van der Waals surface area contributed by atoms with Crippen molar-refractivity contribution >= 4 is 49.0 Å². The number of ether oxygens (including phenoxy) is 4. The zero-order chi connectivity index (χ0) is 50.2. The third kappa shape index (κ3) is 13.2. The van der Waals surface area contributed by atoms with E-state index in [9.17, 15) is 10.1 Å². The zero-order valence-corrected chi connectivity index (χ0v) is 43.4. The molecule has 370 valence electrons. The first kappa shape index (κ1) is 52.6. The van der Waals surface area contributed by atoms with Crippen molar-refractivity contribution in [3.05, 3.63) is 179 Å². The molecule has 1 amide bonds. The van der Waals surface area contributed by atoms with Gasteiger partial charge in [-0.2, -0.15) is 5.26 Å². The number of carbonyl (C=O) groups excluding carboxylic acids is 1. The van der Waals surface area contributed by atoms with Crippen molar-refractivity contribution in [2.45, 2.75) is 69.2 Å². The summed E-state index contributed by atoms with van der Waals surface area (Å²) in [6.45, 7) is 9.43. The second-order valence-electron chi connectivity index (χ2n) is 17.4. The lowest BCUT2D eigenvalue weighted by Crippen LogP contribution is -2.42. The second kappa shape index (κ2) is 25.8. The van der Waals surface area contributed by atoms with E-state index in [1.54, 1.807) is 26.0 Å². The molecule has 2 unspecified atom stereocenters. The Balaban J connectivity index is 1.10. The van der Waals surface area contributed by atoms with Crippen LogP contribution in [0.4, 0.5) is 10.5 Å². The first-order valence-corrected chi connectivity index (χ1v) is 25.9. The fourth-order valence-electron chi connectivity index (χ4n) is 8.65. The number of methoxy groups -OCH3 is 2. The summed E-state index contributed by atoms with van der Waals surface area (Å²) in [4.78, 5) is 17.1. The van der Waals surface area contributed by atoms with Gasteiger partial charge in [0.15, 0.2) is 6.20 Å². The van der Waals surface area contributed by atoms with E-state index in [0.29, 0.717) is 24.5 Å². The van der Waals surface area contributed by atoms with Gasteiger partial charge in [0.05, 0.1) is 62.6 Å². The highest BCUT2D eigenvalue weighted by atomic mass is 32.2. The van der Waals surface area contributed by atoms with Crippen LogP contribution in [0.2, 0.25) is 0 Å². The van der Waals surface area contributed by atoms with Gasteiger partial charge >= 0.3 is 6.09 Å². The number of nitrogens with one attached hydrogen (secondary N) is 1. The van der Waals surface area contributed by atoms with Crippen molar-refractivity contribution in [2.24, 2.45) is 7.05 Å². The molecule has 7 rings (SSSR count). The van der Waals surface area contributed by atoms with Gasteiger partial charge in [0.25, 0.3) is 8.53 Å². The number of nitriles is 1. The highest BCUT2D eigenvalue weighted by molar-refractivity contribution is 8.03. The number of aromatic nitrogens is 1. The van der Waals surface area contributed by atoms with Gasteiger partial charge in [-0.3, -0.25) is 0 Å². The minimum absolute atomic E-state index is 0.0202. The number of fused-ring (bicyclic) bond motifs is 2. The quantitative estimate of drug-likeness (QED) is 0.0270. The van der Waals surface area contributed by atoms with Crippen LogP contribution in [0.1, 0.15) is 62.8 Å². The Labute approximate surface area is 424 Å². The lowest BCUT2D eigenvalue weighted by Gasteiger charge is -2.39. The van der Waals surface area contributed by atoms with E-state index in [4.69, 9.17) is 28.0 Å². The Hall–Kier alpha value is -6.23. The van der Waals surface area contributed by atoms with Gasteiger partial charge in [0.2, 0.25) is 5.52 Å². The number of rotatable bonds is 24. The number of carbonyl (C=O) groups is 1. The third-order valence-electron chi connectivity index (χ3n) is 12.0. The maximum absolute atomic E-state index is 13.7. The van der Waals surface area contributed by atoms with E-state index in [1.165, 1.54) is 15.8 Å². The Bertz CT molecular complexity index is 2710. The number of alkyl carbamates (subject to hydrolysis) is 1. The molecule has 0 saturated heterocycles. The zero-order valence-electron chi connectivity index (χ0n) is 41.7. The van der Waals surface area contributed by atoms with Crippen LogP contribution in [0, 0.1) is 11.3 Å². The van der Waals surface area contributed by atoms with Crippen molar-refractivity contribution in [2.75, 3.05) is 52.0 Å². The van der Waals surface area contributed by atoms with Crippen molar-refractivity contribution in [1.82, 2.24) is 9.99 Å². The highest BCUT2D eigenvalue weighted by Crippen LogP contribution is 2.49. The largest absolute Gasteiger partial charge is 0.497 e. The number of aryl methyl sites for hydroxylation is 1. The SMILES string of the molecule is COc1ccc(C(OCC(CNC(=O)OCCCN2C(=CC=Cc3cc[n+](C)c4ccccc34)Sc3ccccc32)OP(OCCC#N)N(C(C)C)C(C)C)(c2ccccc2)c2ccc(OC)cc2)cc1. The Kier molecular flexibility index (Phi) is 19.1. The molecule has 71 heavy (non-hydrogen) atoms. The molecule has 5 aromatic carbocycles. The lowest BCUT2D eigenvalue weighted by molar-refractivity contribution is -0.644. The van der Waals surface area contributed by atoms with E-state index in [0.717, 1.165) is 33.0 Å². The number of para-hydroxylation sites is 2. The molecule has 12 nitrogen and oxygen atoms in total. The van der Waals surface area contributed by atoms with Crippen molar-refractivity contribution in [1.29, 1.82) is 5.26 Å². The molecule has 1 aromatic heterocycles.